The van der Waals surface area contributed by atoms with Crippen molar-refractivity contribution in [1.29, 1.82) is 0 Å². The van der Waals surface area contributed by atoms with E-state index in [4.69, 9.17) is 9.26 Å². The second-order valence-corrected chi connectivity index (χ2v) is 7.57. The Hall–Kier alpha value is -3.88. The van der Waals surface area contributed by atoms with Crippen molar-refractivity contribution in [1.82, 2.24) is 24.7 Å². The molecule has 0 radical (unpaired) electrons. The molecule has 0 bridgehead atoms. The van der Waals surface area contributed by atoms with Crippen LogP contribution in [0.2, 0.25) is 0 Å². The summed E-state index contributed by atoms with van der Waals surface area (Å²) < 4.78 is 42.9. The molecule has 32 heavy (non-hydrogen) atoms. The summed E-state index contributed by atoms with van der Waals surface area (Å²) in [5, 5.41) is 4.67. The highest BCUT2D eigenvalue weighted by Gasteiger charge is 2.39. The Balaban J connectivity index is 1.77. The molecule has 0 N–H and O–H groups in total. The Morgan fingerprint density at radius 2 is 1.94 bits per heavy atom. The van der Waals surface area contributed by atoms with Crippen LogP contribution in [0.4, 0.5) is 8.78 Å². The maximum Gasteiger partial charge on any atom is 0.331 e. The number of halogens is 2. The first-order chi connectivity index (χ1) is 15.3. The van der Waals surface area contributed by atoms with E-state index < -0.39 is 5.92 Å². The molecule has 0 saturated heterocycles. The standard InChI is InChI=1S/C23H19F2N5O2/c1-12-20(13(2)32-29-12)16-8-17-15(9-19(16)31-4)21-18(11-27-17)28-22(30(21)3)23(24,25)14-6-5-7-26-10-14/h5-11H,1-4H3. The maximum absolute atomic E-state index is 15.3. The molecule has 4 heterocycles. The summed E-state index contributed by atoms with van der Waals surface area (Å²) in [6.07, 6.45) is 4.10. The van der Waals surface area contributed by atoms with Gasteiger partial charge in [-0.05, 0) is 38.1 Å². The first-order valence-electron chi connectivity index (χ1n) is 9.88. The molecule has 0 saturated carbocycles. The van der Waals surface area contributed by atoms with E-state index in [1.54, 1.807) is 20.2 Å². The fourth-order valence-electron chi connectivity index (χ4n) is 4.11. The molecule has 0 aliphatic rings. The van der Waals surface area contributed by atoms with Crippen LogP contribution in [0.25, 0.3) is 33.1 Å². The van der Waals surface area contributed by atoms with Crippen molar-refractivity contribution < 1.29 is 18.0 Å². The molecule has 7 nitrogen and oxygen atoms in total. The third-order valence-corrected chi connectivity index (χ3v) is 5.63. The molecule has 0 amide bonds. The summed E-state index contributed by atoms with van der Waals surface area (Å²) in [6, 6.07) is 6.46. The lowest BCUT2D eigenvalue weighted by Crippen LogP contribution is -2.20. The second kappa shape index (κ2) is 7.08. The Bertz CT molecular complexity index is 1460. The van der Waals surface area contributed by atoms with Crippen LogP contribution in [0.5, 0.6) is 5.75 Å². The van der Waals surface area contributed by atoms with Gasteiger partial charge >= 0.3 is 5.92 Å². The summed E-state index contributed by atoms with van der Waals surface area (Å²) >= 11 is 0. The van der Waals surface area contributed by atoms with Gasteiger partial charge in [-0.1, -0.05) is 5.16 Å². The van der Waals surface area contributed by atoms with E-state index in [0.29, 0.717) is 33.4 Å². The van der Waals surface area contributed by atoms with Gasteiger partial charge in [-0.2, -0.15) is 8.78 Å². The number of fused-ring (bicyclic) bond motifs is 3. The average Bonchev–Trinajstić information content (AvgIpc) is 3.32. The minimum atomic E-state index is -3.32. The van der Waals surface area contributed by atoms with E-state index >= 15 is 8.78 Å². The molecule has 1 aromatic carbocycles. The summed E-state index contributed by atoms with van der Waals surface area (Å²) in [5.74, 6) is -2.50. The molecule has 4 aromatic heterocycles. The van der Waals surface area contributed by atoms with Crippen LogP contribution in [-0.4, -0.2) is 31.8 Å². The summed E-state index contributed by atoms with van der Waals surface area (Å²) in [7, 11) is 3.13. The molecule has 0 atom stereocenters. The highest BCUT2D eigenvalue weighted by molar-refractivity contribution is 6.05. The first-order valence-corrected chi connectivity index (χ1v) is 9.88. The minimum absolute atomic E-state index is 0.228. The number of ether oxygens (including phenoxy) is 1. The zero-order chi connectivity index (χ0) is 22.6. The van der Waals surface area contributed by atoms with Crippen LogP contribution in [0.3, 0.4) is 0 Å². The van der Waals surface area contributed by atoms with E-state index in [0.717, 1.165) is 23.0 Å². The smallest absolute Gasteiger partial charge is 0.331 e. The quantitative estimate of drug-likeness (QED) is 0.398. The number of alkyl halides is 2. The van der Waals surface area contributed by atoms with E-state index in [2.05, 4.69) is 20.1 Å². The van der Waals surface area contributed by atoms with Crippen LogP contribution in [0.15, 0.2) is 47.4 Å². The van der Waals surface area contributed by atoms with Crippen molar-refractivity contribution in [2.24, 2.45) is 7.05 Å². The number of benzene rings is 1. The van der Waals surface area contributed by atoms with Gasteiger partial charge < -0.3 is 13.8 Å². The first kappa shape index (κ1) is 20.0. The van der Waals surface area contributed by atoms with Gasteiger partial charge in [0, 0.05) is 36.0 Å². The molecule has 0 spiro atoms. The third-order valence-electron chi connectivity index (χ3n) is 5.63. The van der Waals surface area contributed by atoms with Crippen LogP contribution < -0.4 is 4.74 Å². The lowest BCUT2D eigenvalue weighted by Gasteiger charge is -2.16. The number of aromatic nitrogens is 5. The molecule has 0 unspecified atom stereocenters. The number of hydrogen-bond acceptors (Lipinski definition) is 6. The van der Waals surface area contributed by atoms with E-state index in [-0.39, 0.29) is 11.4 Å². The largest absolute Gasteiger partial charge is 0.496 e. The van der Waals surface area contributed by atoms with Crippen molar-refractivity contribution in [3.63, 3.8) is 0 Å². The molecular formula is C23H19F2N5O2. The molecule has 9 heteroatoms. The third kappa shape index (κ3) is 2.84. The SMILES string of the molecule is COc1cc2c(cc1-c1c(C)noc1C)ncc1nc(C(F)(F)c3cccnc3)n(C)c12. The Labute approximate surface area is 181 Å². The van der Waals surface area contributed by atoms with Gasteiger partial charge in [0.2, 0.25) is 0 Å². The van der Waals surface area contributed by atoms with Crippen molar-refractivity contribution >= 4 is 21.9 Å². The molecule has 162 valence electrons. The van der Waals surface area contributed by atoms with Gasteiger partial charge in [-0.3, -0.25) is 9.97 Å². The number of aryl methyl sites for hydroxylation is 3. The second-order valence-electron chi connectivity index (χ2n) is 7.57. The number of pyridine rings is 2. The fraction of sp³-hybridized carbons (Fsp3) is 0.217. The molecule has 0 aliphatic heterocycles. The van der Waals surface area contributed by atoms with Crippen molar-refractivity contribution in [2.45, 2.75) is 19.8 Å². The van der Waals surface area contributed by atoms with Crippen molar-refractivity contribution in [3.8, 4) is 16.9 Å². The summed E-state index contributed by atoms with van der Waals surface area (Å²) in [5.41, 5.74) is 3.61. The predicted octanol–water partition coefficient (Wildman–Crippen LogP) is 4.94. The summed E-state index contributed by atoms with van der Waals surface area (Å²) in [6.45, 7) is 3.67. The topological polar surface area (TPSA) is 78.9 Å². The number of hydrogen-bond donors (Lipinski definition) is 0. The average molecular weight is 435 g/mol. The van der Waals surface area contributed by atoms with E-state index in [9.17, 15) is 0 Å². The number of nitrogens with zero attached hydrogens (tertiary/aromatic N) is 5. The van der Waals surface area contributed by atoms with Crippen LogP contribution in [-0.2, 0) is 13.0 Å². The Morgan fingerprint density at radius 1 is 1.12 bits per heavy atom. The van der Waals surface area contributed by atoms with Gasteiger partial charge in [0.05, 0.1) is 35.6 Å². The number of methoxy groups -OCH3 is 1. The predicted molar refractivity (Wildman–Crippen MR) is 115 cm³/mol. The van der Waals surface area contributed by atoms with Gasteiger partial charge in [-0.25, -0.2) is 4.98 Å². The monoisotopic (exact) mass is 435 g/mol. The molecule has 5 aromatic rings. The fourth-order valence-corrected chi connectivity index (χ4v) is 4.11. The lowest BCUT2D eigenvalue weighted by atomic mass is 10.0. The molecule has 5 rings (SSSR count). The minimum Gasteiger partial charge on any atom is -0.496 e. The molecule has 0 aliphatic carbocycles. The van der Waals surface area contributed by atoms with Gasteiger partial charge in [-0.15, -0.1) is 0 Å². The van der Waals surface area contributed by atoms with E-state index in [1.165, 1.54) is 29.1 Å². The Kier molecular flexibility index (Phi) is 4.44. The highest BCUT2D eigenvalue weighted by atomic mass is 19.3. The van der Waals surface area contributed by atoms with Crippen molar-refractivity contribution in [2.75, 3.05) is 7.11 Å². The molecular weight excluding hydrogens is 416 g/mol. The number of rotatable bonds is 4. The van der Waals surface area contributed by atoms with Crippen LogP contribution >= 0.6 is 0 Å². The maximum atomic E-state index is 15.3. The highest BCUT2D eigenvalue weighted by Crippen LogP contribution is 2.41. The van der Waals surface area contributed by atoms with Crippen molar-refractivity contribution in [3.05, 3.63) is 65.7 Å². The molecule has 0 fully saturated rings. The number of imidazole rings is 1. The van der Waals surface area contributed by atoms with Crippen LogP contribution in [0, 0.1) is 13.8 Å². The zero-order valence-electron chi connectivity index (χ0n) is 17.8. The lowest BCUT2D eigenvalue weighted by molar-refractivity contribution is 0.0301. The zero-order valence-corrected chi connectivity index (χ0v) is 17.8. The summed E-state index contributed by atoms with van der Waals surface area (Å²) in [4.78, 5) is 12.5. The van der Waals surface area contributed by atoms with Gasteiger partial charge in [0.25, 0.3) is 0 Å². The van der Waals surface area contributed by atoms with Gasteiger partial charge in [0.1, 0.15) is 17.0 Å². The van der Waals surface area contributed by atoms with E-state index in [1.807, 2.05) is 19.9 Å². The van der Waals surface area contributed by atoms with Crippen LogP contribution in [0.1, 0.15) is 22.8 Å². The normalized spacial score (nSPS) is 12.1. The Morgan fingerprint density at radius 3 is 2.59 bits per heavy atom. The van der Waals surface area contributed by atoms with Gasteiger partial charge in [0.15, 0.2) is 5.82 Å².